The van der Waals surface area contributed by atoms with Crippen molar-refractivity contribution in [3.05, 3.63) is 65.2 Å². The number of nitriles is 1. The van der Waals surface area contributed by atoms with Crippen LogP contribution >= 0.6 is 11.8 Å². The second kappa shape index (κ2) is 7.99. The molecule has 3 aromatic rings. The molecule has 6 nitrogen and oxygen atoms in total. The molecule has 0 aliphatic carbocycles. The Balaban J connectivity index is 2.11. The number of benzene rings is 2. The first-order valence-electron chi connectivity index (χ1n) is 8.16. The number of phenolic OH excluding ortho intramolecular Hbond substituents is 2. The van der Waals surface area contributed by atoms with Gasteiger partial charge in [0.15, 0.2) is 11.5 Å². The van der Waals surface area contributed by atoms with Crippen LogP contribution in [0.5, 0.6) is 11.5 Å². The molecule has 0 aliphatic heterocycles. The average Bonchev–Trinajstić information content (AvgIpc) is 2.68. The van der Waals surface area contributed by atoms with E-state index >= 15 is 0 Å². The molecule has 0 radical (unpaired) electrons. The molecular weight excluding hydrogens is 360 g/mol. The molecule has 2 aromatic carbocycles. The number of anilines is 1. The monoisotopic (exact) mass is 378 g/mol. The van der Waals surface area contributed by atoms with Crippen LogP contribution in [0.25, 0.3) is 11.1 Å². The predicted octanol–water partition coefficient (Wildman–Crippen LogP) is 3.36. The van der Waals surface area contributed by atoms with Crippen LogP contribution in [0.4, 0.5) is 5.82 Å². The van der Waals surface area contributed by atoms with Gasteiger partial charge in [0.05, 0.1) is 5.56 Å². The number of hydrogen-bond acceptors (Lipinski definition) is 7. The minimum Gasteiger partial charge on any atom is -0.504 e. The van der Waals surface area contributed by atoms with Crippen LogP contribution in [0.3, 0.4) is 0 Å². The first kappa shape index (κ1) is 18.6. The van der Waals surface area contributed by atoms with Gasteiger partial charge in [-0.1, -0.05) is 36.4 Å². The van der Waals surface area contributed by atoms with Crippen LogP contribution < -0.4 is 11.5 Å². The first-order chi connectivity index (χ1) is 13.0. The van der Waals surface area contributed by atoms with E-state index in [0.717, 1.165) is 5.56 Å². The van der Waals surface area contributed by atoms with E-state index in [1.165, 1.54) is 23.9 Å². The number of hydrogen-bond donors (Lipinski definition) is 4. The number of nitrogen functional groups attached to an aromatic ring is 1. The van der Waals surface area contributed by atoms with Crippen LogP contribution in [0.2, 0.25) is 0 Å². The molecule has 0 unspecified atom stereocenters. The molecule has 0 atom stereocenters. The lowest BCUT2D eigenvalue weighted by Gasteiger charge is -2.16. The van der Waals surface area contributed by atoms with Crippen molar-refractivity contribution in [3.63, 3.8) is 0 Å². The van der Waals surface area contributed by atoms with E-state index in [1.807, 2.05) is 30.3 Å². The summed E-state index contributed by atoms with van der Waals surface area (Å²) in [4.78, 5) is 4.38. The molecule has 0 saturated carbocycles. The van der Waals surface area contributed by atoms with Crippen LogP contribution in [0.1, 0.15) is 16.7 Å². The van der Waals surface area contributed by atoms with Crippen molar-refractivity contribution in [1.82, 2.24) is 4.98 Å². The van der Waals surface area contributed by atoms with Gasteiger partial charge >= 0.3 is 0 Å². The van der Waals surface area contributed by atoms with Gasteiger partial charge in [-0.05, 0) is 23.3 Å². The highest BCUT2D eigenvalue weighted by Gasteiger charge is 2.20. The minimum atomic E-state index is -0.284. The molecule has 0 amide bonds. The Labute approximate surface area is 161 Å². The Bertz CT molecular complexity index is 1020. The smallest absolute Gasteiger partial charge is 0.158 e. The lowest BCUT2D eigenvalue weighted by molar-refractivity contribution is 0.404. The molecule has 0 bridgehead atoms. The molecule has 1 heterocycles. The normalized spacial score (nSPS) is 10.5. The van der Waals surface area contributed by atoms with Crippen molar-refractivity contribution >= 4 is 17.6 Å². The molecule has 0 spiro atoms. The largest absolute Gasteiger partial charge is 0.504 e. The zero-order chi connectivity index (χ0) is 19.4. The van der Waals surface area contributed by atoms with Crippen molar-refractivity contribution in [3.8, 4) is 28.7 Å². The molecule has 0 saturated heterocycles. The predicted molar refractivity (Wildman–Crippen MR) is 106 cm³/mol. The van der Waals surface area contributed by atoms with Gasteiger partial charge < -0.3 is 21.7 Å². The van der Waals surface area contributed by atoms with Crippen LogP contribution in [-0.4, -0.2) is 15.2 Å². The molecule has 0 aliphatic rings. The Morgan fingerprint density at radius 2 is 1.81 bits per heavy atom. The second-order valence-corrected chi connectivity index (χ2v) is 6.79. The third kappa shape index (κ3) is 3.82. The second-order valence-electron chi connectivity index (χ2n) is 5.82. The highest BCUT2D eigenvalue weighted by Crippen LogP contribution is 2.39. The number of aromatic nitrogens is 1. The maximum Gasteiger partial charge on any atom is 0.158 e. The van der Waals surface area contributed by atoms with Gasteiger partial charge in [0.25, 0.3) is 0 Å². The zero-order valence-corrected chi connectivity index (χ0v) is 15.2. The SMILES string of the molecule is N#Cc1c(SCc2ccccc2)nc(N)c(CN)c1-c1ccc(O)c(O)c1. The van der Waals surface area contributed by atoms with Gasteiger partial charge in [0.2, 0.25) is 0 Å². The summed E-state index contributed by atoms with van der Waals surface area (Å²) in [5.41, 5.74) is 15.0. The highest BCUT2D eigenvalue weighted by molar-refractivity contribution is 7.98. The quantitative estimate of drug-likeness (QED) is 0.396. The summed E-state index contributed by atoms with van der Waals surface area (Å²) >= 11 is 1.41. The fourth-order valence-electron chi connectivity index (χ4n) is 2.76. The average molecular weight is 378 g/mol. The molecular formula is C20H18N4O2S. The number of thioether (sulfide) groups is 1. The number of pyridine rings is 1. The fraction of sp³-hybridized carbons (Fsp3) is 0.100. The highest BCUT2D eigenvalue weighted by atomic mass is 32.2. The van der Waals surface area contributed by atoms with Gasteiger partial charge in [0, 0.05) is 23.4 Å². The van der Waals surface area contributed by atoms with E-state index in [9.17, 15) is 15.5 Å². The molecule has 136 valence electrons. The van der Waals surface area contributed by atoms with E-state index in [1.54, 1.807) is 6.07 Å². The molecule has 7 heteroatoms. The summed E-state index contributed by atoms with van der Waals surface area (Å²) in [5.74, 6) is 0.347. The summed E-state index contributed by atoms with van der Waals surface area (Å²) in [6.45, 7) is 0.0914. The standard InChI is InChI=1S/C20H18N4O2S/c21-9-14-18(13-6-7-16(25)17(26)8-13)15(10-22)20(24-19(14)23)27-11-12-4-2-1-3-5-12/h1-8,25-26H,9,11,21H2,(H2,23,24). The summed E-state index contributed by atoms with van der Waals surface area (Å²) in [5, 5.41) is 29.7. The summed E-state index contributed by atoms with van der Waals surface area (Å²) < 4.78 is 0. The molecule has 6 N–H and O–H groups in total. The Kier molecular flexibility index (Phi) is 5.50. The summed E-state index contributed by atoms with van der Waals surface area (Å²) in [6.07, 6.45) is 0. The minimum absolute atomic E-state index is 0.0914. The van der Waals surface area contributed by atoms with Gasteiger partial charge in [-0.3, -0.25) is 0 Å². The van der Waals surface area contributed by atoms with Crippen molar-refractivity contribution in [1.29, 1.82) is 5.26 Å². The lowest BCUT2D eigenvalue weighted by Crippen LogP contribution is -2.09. The number of nitrogens with two attached hydrogens (primary N) is 2. The van der Waals surface area contributed by atoms with Crippen LogP contribution in [0.15, 0.2) is 53.6 Å². The van der Waals surface area contributed by atoms with E-state index < -0.39 is 0 Å². The number of nitrogens with zero attached hydrogens (tertiary/aromatic N) is 2. The Hall–Kier alpha value is -3.21. The number of phenols is 2. The lowest BCUT2D eigenvalue weighted by atomic mass is 9.96. The Morgan fingerprint density at radius 3 is 2.44 bits per heavy atom. The van der Waals surface area contributed by atoms with Crippen molar-refractivity contribution in [2.75, 3.05) is 5.73 Å². The molecule has 1 aromatic heterocycles. The van der Waals surface area contributed by atoms with Gasteiger partial charge in [-0.25, -0.2) is 4.98 Å². The molecule has 3 rings (SSSR count). The van der Waals surface area contributed by atoms with Gasteiger partial charge in [-0.2, -0.15) is 5.26 Å². The van der Waals surface area contributed by atoms with E-state index in [4.69, 9.17) is 11.5 Å². The third-order valence-corrected chi connectivity index (χ3v) is 5.14. The summed E-state index contributed by atoms with van der Waals surface area (Å²) in [7, 11) is 0. The fourth-order valence-corrected chi connectivity index (χ4v) is 3.71. The van der Waals surface area contributed by atoms with E-state index in [-0.39, 0.29) is 23.9 Å². The van der Waals surface area contributed by atoms with Crippen molar-refractivity contribution in [2.45, 2.75) is 17.3 Å². The van der Waals surface area contributed by atoms with Crippen LogP contribution in [0, 0.1) is 11.3 Å². The van der Waals surface area contributed by atoms with Gasteiger partial charge in [-0.15, -0.1) is 11.8 Å². The van der Waals surface area contributed by atoms with Crippen LogP contribution in [-0.2, 0) is 12.3 Å². The zero-order valence-electron chi connectivity index (χ0n) is 14.4. The number of rotatable bonds is 5. The van der Waals surface area contributed by atoms with Crippen molar-refractivity contribution < 1.29 is 10.2 Å². The van der Waals surface area contributed by atoms with E-state index in [2.05, 4.69) is 11.1 Å². The van der Waals surface area contributed by atoms with Crippen molar-refractivity contribution in [2.24, 2.45) is 5.73 Å². The summed E-state index contributed by atoms with van der Waals surface area (Å²) in [6, 6.07) is 16.4. The Morgan fingerprint density at radius 1 is 1.07 bits per heavy atom. The third-order valence-electron chi connectivity index (χ3n) is 4.10. The first-order valence-corrected chi connectivity index (χ1v) is 9.15. The topological polar surface area (TPSA) is 129 Å². The maximum absolute atomic E-state index is 9.86. The maximum atomic E-state index is 9.86. The number of aromatic hydroxyl groups is 2. The molecule has 27 heavy (non-hydrogen) atoms. The van der Waals surface area contributed by atoms with Gasteiger partial charge in [0.1, 0.15) is 16.9 Å². The molecule has 0 fully saturated rings. The van der Waals surface area contributed by atoms with E-state index in [0.29, 0.717) is 33.0 Å².